The lowest BCUT2D eigenvalue weighted by molar-refractivity contribution is 0.0696. The molecule has 1 saturated heterocycles. The third-order valence-corrected chi connectivity index (χ3v) is 6.29. The molecule has 4 N–H and O–H groups in total. The van der Waals surface area contributed by atoms with Gasteiger partial charge in [-0.3, -0.25) is 15.0 Å². The van der Waals surface area contributed by atoms with Crippen LogP contribution in [0.5, 0.6) is 29.0 Å². The Morgan fingerprint density at radius 2 is 1.68 bits per heavy atom. The van der Waals surface area contributed by atoms with Gasteiger partial charge in [0.1, 0.15) is 11.6 Å². The van der Waals surface area contributed by atoms with Gasteiger partial charge in [0.05, 0.1) is 5.56 Å². The number of ether oxygens (including phenoxy) is 2. The van der Waals surface area contributed by atoms with Gasteiger partial charge in [-0.15, -0.1) is 0 Å². The molecule has 0 spiro atoms. The Morgan fingerprint density at radius 1 is 1.00 bits per heavy atom. The number of amidine groups is 1. The van der Waals surface area contributed by atoms with Crippen molar-refractivity contribution in [1.82, 2.24) is 14.8 Å². The average molecular weight is 518 g/mol. The first-order chi connectivity index (χ1) is 18.1. The second kappa shape index (κ2) is 11.2. The SMILES string of the molecule is CC1CCN(C(=O)c2cc(Oc3cccc(C(=O)N(C)C)c3)nc(Oc3cc(C(=N)N)ccc3O)c2)CC1. The molecule has 0 bridgehead atoms. The zero-order valence-corrected chi connectivity index (χ0v) is 21.6. The second-order valence-corrected chi connectivity index (χ2v) is 9.53. The maximum absolute atomic E-state index is 13.4. The molecule has 1 aromatic heterocycles. The van der Waals surface area contributed by atoms with E-state index in [0.717, 1.165) is 12.8 Å². The number of nitrogen functional groups attached to an aromatic ring is 1. The normalized spacial score (nSPS) is 13.6. The molecule has 0 aliphatic carbocycles. The van der Waals surface area contributed by atoms with Gasteiger partial charge in [0.15, 0.2) is 11.5 Å². The maximum Gasteiger partial charge on any atom is 0.254 e. The number of nitrogens with one attached hydrogen (secondary N) is 1. The van der Waals surface area contributed by atoms with Gasteiger partial charge < -0.3 is 30.1 Å². The fourth-order valence-corrected chi connectivity index (χ4v) is 4.05. The van der Waals surface area contributed by atoms with Crippen LogP contribution in [0.15, 0.2) is 54.6 Å². The standard InChI is InChI=1S/C28H31N5O5/c1-17-9-11-33(12-10-17)28(36)20-15-24(37-21-6-4-5-19(13-21)27(35)32(2)3)31-25(16-20)38-23-14-18(26(29)30)7-8-22(23)34/h4-8,13-17,34H,9-12H2,1-3H3,(H3,29,30). The van der Waals surface area contributed by atoms with Crippen molar-refractivity contribution in [1.29, 1.82) is 5.41 Å². The topological polar surface area (TPSA) is 142 Å². The van der Waals surface area contributed by atoms with Crippen LogP contribution in [0.2, 0.25) is 0 Å². The highest BCUT2D eigenvalue weighted by Crippen LogP contribution is 2.33. The predicted molar refractivity (Wildman–Crippen MR) is 142 cm³/mol. The minimum absolute atomic E-state index is 0.00718. The fourth-order valence-electron chi connectivity index (χ4n) is 4.05. The first kappa shape index (κ1) is 26.5. The molecule has 0 unspecified atom stereocenters. The summed E-state index contributed by atoms with van der Waals surface area (Å²) in [6.07, 6.45) is 1.84. The summed E-state index contributed by atoms with van der Waals surface area (Å²) in [6.45, 7) is 3.46. The van der Waals surface area contributed by atoms with E-state index >= 15 is 0 Å². The summed E-state index contributed by atoms with van der Waals surface area (Å²) in [5.41, 5.74) is 6.67. The van der Waals surface area contributed by atoms with Crippen LogP contribution in [0.3, 0.4) is 0 Å². The number of benzene rings is 2. The molecule has 2 heterocycles. The minimum Gasteiger partial charge on any atom is -0.504 e. The number of hydrogen-bond donors (Lipinski definition) is 3. The number of aromatic nitrogens is 1. The number of pyridine rings is 1. The number of phenols is 1. The fraction of sp³-hybridized carbons (Fsp3) is 0.286. The molecule has 0 radical (unpaired) electrons. The van der Waals surface area contributed by atoms with E-state index in [1.165, 1.54) is 35.2 Å². The Kier molecular flexibility index (Phi) is 7.80. The number of carbonyl (C=O) groups excluding carboxylic acids is 2. The molecule has 198 valence electrons. The highest BCUT2D eigenvalue weighted by molar-refractivity contribution is 5.96. The Hall–Kier alpha value is -4.60. The molecule has 2 aromatic carbocycles. The number of likely N-dealkylation sites (tertiary alicyclic amines) is 1. The zero-order chi connectivity index (χ0) is 27.4. The van der Waals surface area contributed by atoms with Crippen LogP contribution >= 0.6 is 0 Å². The number of hydrogen-bond acceptors (Lipinski definition) is 7. The first-order valence-electron chi connectivity index (χ1n) is 12.3. The van der Waals surface area contributed by atoms with E-state index in [-0.39, 0.29) is 40.9 Å². The van der Waals surface area contributed by atoms with E-state index in [2.05, 4.69) is 11.9 Å². The number of aromatic hydroxyl groups is 1. The van der Waals surface area contributed by atoms with E-state index in [0.29, 0.717) is 41.4 Å². The van der Waals surface area contributed by atoms with Crippen molar-refractivity contribution in [2.75, 3.05) is 27.2 Å². The molecule has 0 saturated carbocycles. The first-order valence-corrected chi connectivity index (χ1v) is 12.3. The predicted octanol–water partition coefficient (Wildman–Crippen LogP) is 4.23. The number of carbonyl (C=O) groups is 2. The lowest BCUT2D eigenvalue weighted by Gasteiger charge is -2.30. The van der Waals surface area contributed by atoms with Gasteiger partial charge in [0.25, 0.3) is 11.8 Å². The summed E-state index contributed by atoms with van der Waals surface area (Å²) in [5, 5.41) is 18.0. The molecule has 4 rings (SSSR count). The Morgan fingerprint density at radius 3 is 2.34 bits per heavy atom. The van der Waals surface area contributed by atoms with Crippen molar-refractivity contribution < 1.29 is 24.2 Å². The van der Waals surface area contributed by atoms with Crippen LogP contribution in [0.1, 0.15) is 46.0 Å². The number of nitrogens with two attached hydrogens (primary N) is 1. The third-order valence-electron chi connectivity index (χ3n) is 6.29. The summed E-state index contributed by atoms with van der Waals surface area (Å²) >= 11 is 0. The molecule has 1 fully saturated rings. The summed E-state index contributed by atoms with van der Waals surface area (Å²) in [7, 11) is 3.32. The van der Waals surface area contributed by atoms with Crippen LogP contribution in [-0.2, 0) is 0 Å². The highest BCUT2D eigenvalue weighted by Gasteiger charge is 2.23. The van der Waals surface area contributed by atoms with E-state index in [1.54, 1.807) is 43.3 Å². The summed E-state index contributed by atoms with van der Waals surface area (Å²) in [6, 6.07) is 13.9. The lowest BCUT2D eigenvalue weighted by Crippen LogP contribution is -2.37. The summed E-state index contributed by atoms with van der Waals surface area (Å²) < 4.78 is 11.8. The monoisotopic (exact) mass is 517 g/mol. The van der Waals surface area contributed by atoms with Gasteiger partial charge >= 0.3 is 0 Å². The molecule has 1 aliphatic heterocycles. The molecule has 10 nitrogen and oxygen atoms in total. The van der Waals surface area contributed by atoms with Gasteiger partial charge in [0, 0.05) is 50.4 Å². The smallest absolute Gasteiger partial charge is 0.254 e. The second-order valence-electron chi connectivity index (χ2n) is 9.53. The Labute approximate surface area is 221 Å². The van der Waals surface area contributed by atoms with Gasteiger partial charge in [-0.05, 0) is 55.2 Å². The van der Waals surface area contributed by atoms with Crippen LogP contribution in [0.25, 0.3) is 0 Å². The van der Waals surface area contributed by atoms with Gasteiger partial charge in [0.2, 0.25) is 11.8 Å². The van der Waals surface area contributed by atoms with Crippen LogP contribution in [0.4, 0.5) is 0 Å². The van der Waals surface area contributed by atoms with Gasteiger partial charge in [-0.2, -0.15) is 4.98 Å². The molecular weight excluding hydrogens is 486 g/mol. The van der Waals surface area contributed by atoms with Crippen molar-refractivity contribution in [3.8, 4) is 29.0 Å². The van der Waals surface area contributed by atoms with E-state index in [4.69, 9.17) is 20.6 Å². The number of phenolic OH excluding ortho intramolecular Hbond substituents is 1. The average Bonchev–Trinajstić information content (AvgIpc) is 2.89. The van der Waals surface area contributed by atoms with Crippen LogP contribution in [-0.4, -0.2) is 64.7 Å². The maximum atomic E-state index is 13.4. The largest absolute Gasteiger partial charge is 0.504 e. The number of rotatable bonds is 7. The molecule has 2 amide bonds. The summed E-state index contributed by atoms with van der Waals surface area (Å²) in [5.74, 6) is 0.269. The third kappa shape index (κ3) is 6.20. The molecule has 38 heavy (non-hydrogen) atoms. The lowest BCUT2D eigenvalue weighted by atomic mass is 9.99. The number of amides is 2. The van der Waals surface area contributed by atoms with Crippen LogP contribution in [0, 0.1) is 11.3 Å². The van der Waals surface area contributed by atoms with E-state index in [1.807, 2.05) is 0 Å². The van der Waals surface area contributed by atoms with Crippen molar-refractivity contribution in [3.63, 3.8) is 0 Å². The van der Waals surface area contributed by atoms with Crippen molar-refractivity contribution in [2.45, 2.75) is 19.8 Å². The molecule has 0 atom stereocenters. The zero-order valence-electron chi connectivity index (χ0n) is 21.6. The molecular formula is C28H31N5O5. The summed E-state index contributed by atoms with van der Waals surface area (Å²) in [4.78, 5) is 33.4. The van der Waals surface area contributed by atoms with Crippen molar-refractivity contribution >= 4 is 17.6 Å². The Bertz CT molecular complexity index is 1370. The van der Waals surface area contributed by atoms with Crippen molar-refractivity contribution in [2.24, 2.45) is 11.7 Å². The van der Waals surface area contributed by atoms with Crippen LogP contribution < -0.4 is 15.2 Å². The van der Waals surface area contributed by atoms with Crippen molar-refractivity contribution in [3.05, 3.63) is 71.3 Å². The van der Waals surface area contributed by atoms with Gasteiger partial charge in [-0.25, -0.2) is 0 Å². The molecule has 3 aromatic rings. The number of nitrogens with zero attached hydrogens (tertiary/aromatic N) is 3. The Balaban J connectivity index is 1.69. The van der Waals surface area contributed by atoms with E-state index < -0.39 is 0 Å². The minimum atomic E-state index is -0.192. The van der Waals surface area contributed by atoms with Gasteiger partial charge in [-0.1, -0.05) is 13.0 Å². The quantitative estimate of drug-likeness (QED) is 0.314. The molecule has 10 heteroatoms. The van der Waals surface area contributed by atoms with E-state index in [9.17, 15) is 14.7 Å². The molecule has 1 aliphatic rings. The number of piperidine rings is 1. The highest BCUT2D eigenvalue weighted by atomic mass is 16.5.